The number of pyridine rings is 1. The minimum atomic E-state index is 0.326. The Labute approximate surface area is 117 Å². The summed E-state index contributed by atoms with van der Waals surface area (Å²) < 4.78 is 1.96. The summed E-state index contributed by atoms with van der Waals surface area (Å²) in [7, 11) is 0. The van der Waals surface area contributed by atoms with Gasteiger partial charge in [-0.1, -0.05) is 12.2 Å². The van der Waals surface area contributed by atoms with Gasteiger partial charge in [-0.25, -0.2) is 4.98 Å². The van der Waals surface area contributed by atoms with Crippen molar-refractivity contribution in [3.8, 4) is 0 Å². The van der Waals surface area contributed by atoms with Crippen molar-refractivity contribution in [1.82, 2.24) is 19.7 Å². The maximum absolute atomic E-state index is 5.69. The van der Waals surface area contributed by atoms with Crippen LogP contribution >= 0.6 is 12.2 Å². The maximum atomic E-state index is 5.69. The molecule has 0 saturated heterocycles. The summed E-state index contributed by atoms with van der Waals surface area (Å²) in [6.45, 7) is 5.31. The van der Waals surface area contributed by atoms with Gasteiger partial charge in [0, 0.05) is 12.2 Å². The first-order valence-electron chi connectivity index (χ1n) is 5.99. The van der Waals surface area contributed by atoms with Crippen molar-refractivity contribution < 1.29 is 0 Å². The topological polar surface area (TPSA) is 81.7 Å². The third-order valence-corrected chi connectivity index (χ3v) is 2.97. The highest BCUT2D eigenvalue weighted by atomic mass is 32.1. The smallest absolute Gasteiger partial charge is 0.152 e. The van der Waals surface area contributed by atoms with E-state index in [1.165, 1.54) is 0 Å². The second-order valence-corrected chi connectivity index (χ2v) is 4.54. The van der Waals surface area contributed by atoms with Crippen molar-refractivity contribution in [1.29, 1.82) is 0 Å². The molecule has 2 aromatic heterocycles. The number of hydrogen-bond acceptors (Lipinski definition) is 5. The first kappa shape index (κ1) is 13.4. The van der Waals surface area contributed by atoms with Crippen LogP contribution in [-0.2, 0) is 13.1 Å². The number of aryl methyl sites for hydroxylation is 2. The normalized spacial score (nSPS) is 10.4. The molecule has 0 aliphatic rings. The molecule has 2 aromatic rings. The average Bonchev–Trinajstić information content (AvgIpc) is 2.83. The van der Waals surface area contributed by atoms with E-state index in [9.17, 15) is 0 Å². The number of thiocarbonyl (C=S) groups is 1. The molecule has 19 heavy (non-hydrogen) atoms. The molecule has 6 nitrogen and oxygen atoms in total. The van der Waals surface area contributed by atoms with Crippen molar-refractivity contribution in [2.75, 3.05) is 5.32 Å². The molecule has 0 amide bonds. The first-order valence-corrected chi connectivity index (χ1v) is 6.40. The lowest BCUT2D eigenvalue weighted by atomic mass is 10.2. The zero-order valence-electron chi connectivity index (χ0n) is 10.9. The SMILES string of the molecule is CCn1cnnc1CNc1nc(C)ccc1C(N)=S. The number of nitrogens with zero attached hydrogens (tertiary/aromatic N) is 4. The highest BCUT2D eigenvalue weighted by Crippen LogP contribution is 2.14. The maximum Gasteiger partial charge on any atom is 0.152 e. The predicted octanol–water partition coefficient (Wildman–Crippen LogP) is 1.25. The second kappa shape index (κ2) is 5.75. The molecule has 2 rings (SSSR count). The number of aromatic nitrogens is 4. The molecule has 0 aromatic carbocycles. The van der Waals surface area contributed by atoms with Crippen LogP contribution in [-0.4, -0.2) is 24.7 Å². The summed E-state index contributed by atoms with van der Waals surface area (Å²) in [4.78, 5) is 4.74. The van der Waals surface area contributed by atoms with Crippen LogP contribution in [0.3, 0.4) is 0 Å². The van der Waals surface area contributed by atoms with E-state index >= 15 is 0 Å². The highest BCUT2D eigenvalue weighted by molar-refractivity contribution is 7.80. The van der Waals surface area contributed by atoms with E-state index in [0.29, 0.717) is 17.4 Å². The lowest BCUT2D eigenvalue weighted by Crippen LogP contribution is -2.16. The van der Waals surface area contributed by atoms with E-state index in [0.717, 1.165) is 23.6 Å². The number of hydrogen-bond donors (Lipinski definition) is 2. The molecule has 0 spiro atoms. The van der Waals surface area contributed by atoms with E-state index in [2.05, 4.69) is 20.5 Å². The van der Waals surface area contributed by atoms with Crippen LogP contribution in [0.15, 0.2) is 18.5 Å². The fraction of sp³-hybridized carbons (Fsp3) is 0.333. The van der Waals surface area contributed by atoms with Gasteiger partial charge in [-0.3, -0.25) is 0 Å². The molecular formula is C12H16N6S. The van der Waals surface area contributed by atoms with Crippen LogP contribution in [0, 0.1) is 6.92 Å². The summed E-state index contributed by atoms with van der Waals surface area (Å²) in [5, 5.41) is 11.2. The van der Waals surface area contributed by atoms with Crippen molar-refractivity contribution in [3.05, 3.63) is 35.5 Å². The Morgan fingerprint density at radius 1 is 1.47 bits per heavy atom. The standard InChI is InChI=1S/C12H16N6S/c1-3-18-7-15-17-10(18)6-14-12-9(11(13)19)5-4-8(2)16-12/h4-5,7H,3,6H2,1-2H3,(H2,13,19)(H,14,16). The van der Waals surface area contributed by atoms with Gasteiger partial charge in [-0.2, -0.15) is 0 Å². The number of nitrogens with two attached hydrogens (primary N) is 1. The van der Waals surface area contributed by atoms with Crippen molar-refractivity contribution in [2.45, 2.75) is 26.9 Å². The Morgan fingerprint density at radius 2 is 2.26 bits per heavy atom. The van der Waals surface area contributed by atoms with Crippen LogP contribution in [0.25, 0.3) is 0 Å². The fourth-order valence-corrected chi connectivity index (χ4v) is 1.90. The van der Waals surface area contributed by atoms with E-state index in [4.69, 9.17) is 18.0 Å². The molecule has 2 heterocycles. The first-order chi connectivity index (χ1) is 9.11. The van der Waals surface area contributed by atoms with Crippen LogP contribution < -0.4 is 11.1 Å². The molecule has 0 bridgehead atoms. The molecule has 0 unspecified atom stereocenters. The van der Waals surface area contributed by atoms with E-state index in [-0.39, 0.29) is 0 Å². The molecule has 3 N–H and O–H groups in total. The van der Waals surface area contributed by atoms with Gasteiger partial charge < -0.3 is 15.6 Å². The molecule has 0 saturated carbocycles. The van der Waals surface area contributed by atoms with Crippen molar-refractivity contribution >= 4 is 23.0 Å². The zero-order valence-corrected chi connectivity index (χ0v) is 11.7. The van der Waals surface area contributed by atoms with Crippen LogP contribution in [0.1, 0.15) is 24.0 Å². The van der Waals surface area contributed by atoms with Gasteiger partial charge in [-0.05, 0) is 26.0 Å². The molecule has 0 radical (unpaired) electrons. The van der Waals surface area contributed by atoms with Gasteiger partial charge in [-0.15, -0.1) is 10.2 Å². The predicted molar refractivity (Wildman–Crippen MR) is 77.9 cm³/mol. The Morgan fingerprint density at radius 3 is 2.95 bits per heavy atom. The summed E-state index contributed by atoms with van der Waals surface area (Å²) in [6, 6.07) is 3.76. The highest BCUT2D eigenvalue weighted by Gasteiger charge is 2.09. The quantitative estimate of drug-likeness (QED) is 0.800. The fourth-order valence-electron chi connectivity index (χ4n) is 1.73. The molecule has 0 aliphatic carbocycles. The van der Waals surface area contributed by atoms with Gasteiger partial charge >= 0.3 is 0 Å². The third kappa shape index (κ3) is 3.05. The Kier molecular flexibility index (Phi) is 4.06. The van der Waals surface area contributed by atoms with Crippen LogP contribution in [0.2, 0.25) is 0 Å². The minimum absolute atomic E-state index is 0.326. The van der Waals surface area contributed by atoms with Gasteiger partial charge in [0.1, 0.15) is 17.1 Å². The molecule has 0 aliphatic heterocycles. The van der Waals surface area contributed by atoms with Gasteiger partial charge in [0.25, 0.3) is 0 Å². The molecule has 100 valence electrons. The minimum Gasteiger partial charge on any atom is -0.389 e. The van der Waals surface area contributed by atoms with Gasteiger partial charge in [0.15, 0.2) is 5.82 Å². The monoisotopic (exact) mass is 276 g/mol. The van der Waals surface area contributed by atoms with Gasteiger partial charge in [0.05, 0.1) is 12.1 Å². The third-order valence-electron chi connectivity index (χ3n) is 2.75. The van der Waals surface area contributed by atoms with E-state index < -0.39 is 0 Å². The molecule has 0 fully saturated rings. The summed E-state index contributed by atoms with van der Waals surface area (Å²) in [5.41, 5.74) is 7.33. The summed E-state index contributed by atoms with van der Waals surface area (Å²) in [6.07, 6.45) is 1.70. The lowest BCUT2D eigenvalue weighted by molar-refractivity contribution is 0.707. The lowest BCUT2D eigenvalue weighted by Gasteiger charge is -2.11. The Bertz CT molecular complexity index is 592. The molecule has 7 heteroatoms. The number of nitrogens with one attached hydrogen (secondary N) is 1. The Hall–Kier alpha value is -2.02. The number of anilines is 1. The van der Waals surface area contributed by atoms with E-state index in [1.54, 1.807) is 6.33 Å². The average molecular weight is 276 g/mol. The van der Waals surface area contributed by atoms with Crippen molar-refractivity contribution in [2.24, 2.45) is 5.73 Å². The van der Waals surface area contributed by atoms with Crippen molar-refractivity contribution in [3.63, 3.8) is 0 Å². The van der Waals surface area contributed by atoms with E-state index in [1.807, 2.05) is 30.5 Å². The van der Waals surface area contributed by atoms with Gasteiger partial charge in [0.2, 0.25) is 0 Å². The number of rotatable bonds is 5. The summed E-state index contributed by atoms with van der Waals surface area (Å²) in [5.74, 6) is 1.53. The Balaban J connectivity index is 2.19. The zero-order chi connectivity index (χ0) is 13.8. The second-order valence-electron chi connectivity index (χ2n) is 4.10. The van der Waals surface area contributed by atoms with Crippen LogP contribution in [0.4, 0.5) is 5.82 Å². The molecular weight excluding hydrogens is 260 g/mol. The molecule has 0 atom stereocenters. The largest absolute Gasteiger partial charge is 0.389 e. The van der Waals surface area contributed by atoms with Crippen LogP contribution in [0.5, 0.6) is 0 Å². The summed E-state index contributed by atoms with van der Waals surface area (Å²) >= 11 is 5.02.